The predicted molar refractivity (Wildman–Crippen MR) is 66.6 cm³/mol. The van der Waals surface area contributed by atoms with Crippen molar-refractivity contribution in [2.45, 2.75) is 13.5 Å². The molecule has 0 aliphatic rings. The molecule has 0 saturated heterocycles. The number of ether oxygens (including phenoxy) is 1. The molecule has 2 N–H and O–H groups in total. The second-order valence-corrected chi connectivity index (χ2v) is 4.34. The number of nitrogens with two attached hydrogens (primary N) is 1. The summed E-state index contributed by atoms with van der Waals surface area (Å²) in [5.74, 6) is 1.64. The molecule has 0 radical (unpaired) electrons. The van der Waals surface area contributed by atoms with Gasteiger partial charge in [0.2, 0.25) is 11.7 Å². The highest BCUT2D eigenvalue weighted by molar-refractivity contribution is 9.10. The molecule has 1 aromatic heterocycles. The van der Waals surface area contributed by atoms with Gasteiger partial charge in [-0.1, -0.05) is 5.16 Å². The molecule has 0 amide bonds. The van der Waals surface area contributed by atoms with E-state index in [4.69, 9.17) is 15.0 Å². The Balaban J connectivity index is 2.54. The Bertz CT molecular complexity index is 540. The highest BCUT2D eigenvalue weighted by Gasteiger charge is 2.14. The maximum absolute atomic E-state index is 5.43. The average Bonchev–Trinajstić information content (AvgIpc) is 2.80. The van der Waals surface area contributed by atoms with E-state index in [1.165, 1.54) is 0 Å². The van der Waals surface area contributed by atoms with Crippen molar-refractivity contribution in [1.29, 1.82) is 0 Å². The van der Waals surface area contributed by atoms with Crippen LogP contribution in [0.15, 0.2) is 21.1 Å². The van der Waals surface area contributed by atoms with E-state index < -0.39 is 0 Å². The number of rotatable bonds is 3. The van der Waals surface area contributed by atoms with Gasteiger partial charge in [0.15, 0.2) is 0 Å². The minimum absolute atomic E-state index is 0.230. The Morgan fingerprint density at radius 1 is 1.47 bits per heavy atom. The van der Waals surface area contributed by atoms with Crippen molar-refractivity contribution in [3.8, 4) is 17.1 Å². The van der Waals surface area contributed by atoms with Gasteiger partial charge in [-0.15, -0.1) is 0 Å². The molecule has 2 rings (SSSR count). The van der Waals surface area contributed by atoms with Crippen LogP contribution in [0.3, 0.4) is 0 Å². The summed E-state index contributed by atoms with van der Waals surface area (Å²) in [7, 11) is 1.62. The van der Waals surface area contributed by atoms with Crippen molar-refractivity contribution in [2.24, 2.45) is 5.73 Å². The van der Waals surface area contributed by atoms with Gasteiger partial charge in [0, 0.05) is 5.56 Å². The molecule has 5 nitrogen and oxygen atoms in total. The summed E-state index contributed by atoms with van der Waals surface area (Å²) in [5.41, 5.74) is 7.31. The van der Waals surface area contributed by atoms with E-state index >= 15 is 0 Å². The van der Waals surface area contributed by atoms with E-state index in [1.54, 1.807) is 7.11 Å². The van der Waals surface area contributed by atoms with Crippen LogP contribution in [-0.4, -0.2) is 17.3 Å². The number of aromatic nitrogens is 2. The Kier molecular flexibility index (Phi) is 3.44. The summed E-state index contributed by atoms with van der Waals surface area (Å²) in [4.78, 5) is 4.19. The van der Waals surface area contributed by atoms with Crippen LogP contribution in [0.2, 0.25) is 0 Å². The van der Waals surface area contributed by atoms with Crippen molar-refractivity contribution in [1.82, 2.24) is 10.1 Å². The molecule has 0 fully saturated rings. The summed E-state index contributed by atoms with van der Waals surface area (Å²) in [5, 5.41) is 3.88. The molecule has 0 unspecified atom stereocenters. The van der Waals surface area contributed by atoms with Gasteiger partial charge in [-0.3, -0.25) is 0 Å². The summed E-state index contributed by atoms with van der Waals surface area (Å²) in [6.07, 6.45) is 0. The molecular formula is C11H12BrN3O2. The zero-order valence-electron chi connectivity index (χ0n) is 9.53. The van der Waals surface area contributed by atoms with E-state index in [0.717, 1.165) is 21.3 Å². The fourth-order valence-corrected chi connectivity index (χ4v) is 2.06. The van der Waals surface area contributed by atoms with Crippen molar-refractivity contribution in [3.63, 3.8) is 0 Å². The van der Waals surface area contributed by atoms with Gasteiger partial charge in [-0.2, -0.15) is 4.98 Å². The second kappa shape index (κ2) is 4.85. The number of benzene rings is 1. The fraction of sp³-hybridized carbons (Fsp3) is 0.273. The monoisotopic (exact) mass is 297 g/mol. The van der Waals surface area contributed by atoms with Crippen molar-refractivity contribution >= 4 is 15.9 Å². The lowest BCUT2D eigenvalue weighted by atomic mass is 10.1. The summed E-state index contributed by atoms with van der Waals surface area (Å²) in [6, 6.07) is 3.88. The van der Waals surface area contributed by atoms with E-state index in [9.17, 15) is 0 Å². The van der Waals surface area contributed by atoms with E-state index in [1.807, 2.05) is 19.1 Å². The zero-order valence-corrected chi connectivity index (χ0v) is 11.1. The van der Waals surface area contributed by atoms with Gasteiger partial charge in [-0.25, -0.2) is 0 Å². The first kappa shape index (κ1) is 12.1. The van der Waals surface area contributed by atoms with E-state index in [0.29, 0.717) is 11.7 Å². The number of halogens is 1. The maximum atomic E-state index is 5.43. The first-order chi connectivity index (χ1) is 8.15. The quantitative estimate of drug-likeness (QED) is 0.941. The summed E-state index contributed by atoms with van der Waals surface area (Å²) >= 11 is 3.47. The van der Waals surface area contributed by atoms with Gasteiger partial charge in [0.25, 0.3) is 0 Å². The first-order valence-corrected chi connectivity index (χ1v) is 5.82. The normalized spacial score (nSPS) is 10.6. The van der Waals surface area contributed by atoms with Crippen LogP contribution in [0.1, 0.15) is 11.5 Å². The maximum Gasteiger partial charge on any atom is 0.240 e. The number of methoxy groups -OCH3 is 1. The van der Waals surface area contributed by atoms with Crippen molar-refractivity contribution < 1.29 is 9.26 Å². The lowest BCUT2D eigenvalue weighted by molar-refractivity contribution is 0.380. The zero-order chi connectivity index (χ0) is 12.4. The van der Waals surface area contributed by atoms with Crippen LogP contribution in [-0.2, 0) is 6.54 Å². The van der Waals surface area contributed by atoms with Crippen LogP contribution in [0.4, 0.5) is 0 Å². The van der Waals surface area contributed by atoms with Crippen LogP contribution in [0, 0.1) is 6.92 Å². The third-order valence-corrected chi connectivity index (χ3v) is 3.11. The molecule has 1 aromatic carbocycles. The third kappa shape index (κ3) is 2.32. The van der Waals surface area contributed by atoms with Gasteiger partial charge < -0.3 is 15.0 Å². The van der Waals surface area contributed by atoms with Crippen LogP contribution in [0.5, 0.6) is 5.75 Å². The molecule has 17 heavy (non-hydrogen) atoms. The molecule has 0 bridgehead atoms. The molecular weight excluding hydrogens is 286 g/mol. The number of hydrogen-bond donors (Lipinski definition) is 1. The Morgan fingerprint density at radius 2 is 2.24 bits per heavy atom. The second-order valence-electron chi connectivity index (χ2n) is 3.54. The van der Waals surface area contributed by atoms with Gasteiger partial charge in [0.1, 0.15) is 5.75 Å². The minimum Gasteiger partial charge on any atom is -0.496 e. The Hall–Kier alpha value is -1.40. The van der Waals surface area contributed by atoms with Crippen LogP contribution < -0.4 is 10.5 Å². The average molecular weight is 298 g/mol. The molecule has 6 heteroatoms. The summed E-state index contributed by atoms with van der Waals surface area (Å²) < 4.78 is 11.1. The summed E-state index contributed by atoms with van der Waals surface area (Å²) in [6.45, 7) is 2.20. The fourth-order valence-electron chi connectivity index (χ4n) is 1.49. The molecule has 2 aromatic rings. The Labute approximate surface area is 107 Å². The van der Waals surface area contributed by atoms with Gasteiger partial charge in [-0.05, 0) is 40.5 Å². The smallest absolute Gasteiger partial charge is 0.240 e. The molecule has 0 aliphatic carbocycles. The molecule has 0 aliphatic heterocycles. The molecule has 0 saturated carbocycles. The van der Waals surface area contributed by atoms with Gasteiger partial charge in [0.05, 0.1) is 18.1 Å². The molecule has 90 valence electrons. The lowest BCUT2D eigenvalue weighted by Crippen LogP contribution is -1.96. The molecule has 0 spiro atoms. The standard InChI is InChI=1S/C11H12BrN3O2/c1-6-3-7(10(12)8(4-6)16-2)11-14-9(5-13)17-15-11/h3-4H,5,13H2,1-2H3. The number of nitrogens with zero attached hydrogens (tertiary/aromatic N) is 2. The topological polar surface area (TPSA) is 74.2 Å². The predicted octanol–water partition coefficient (Wildman–Crippen LogP) is 2.27. The highest BCUT2D eigenvalue weighted by Crippen LogP contribution is 2.35. The number of aryl methyl sites for hydroxylation is 1. The van der Waals surface area contributed by atoms with Crippen LogP contribution >= 0.6 is 15.9 Å². The molecule has 1 heterocycles. The van der Waals surface area contributed by atoms with Crippen LogP contribution in [0.25, 0.3) is 11.4 Å². The SMILES string of the molecule is COc1cc(C)cc(-c2noc(CN)n2)c1Br. The van der Waals surface area contributed by atoms with Crippen molar-refractivity contribution in [3.05, 3.63) is 28.1 Å². The third-order valence-electron chi connectivity index (χ3n) is 2.29. The van der Waals surface area contributed by atoms with E-state index in [2.05, 4.69) is 26.1 Å². The first-order valence-electron chi connectivity index (χ1n) is 5.03. The van der Waals surface area contributed by atoms with Gasteiger partial charge >= 0.3 is 0 Å². The minimum atomic E-state index is 0.230. The lowest BCUT2D eigenvalue weighted by Gasteiger charge is -2.07. The van der Waals surface area contributed by atoms with E-state index in [-0.39, 0.29) is 6.54 Å². The Morgan fingerprint density at radius 3 is 2.82 bits per heavy atom. The van der Waals surface area contributed by atoms with Crippen molar-refractivity contribution in [2.75, 3.05) is 7.11 Å². The largest absolute Gasteiger partial charge is 0.496 e. The highest BCUT2D eigenvalue weighted by atomic mass is 79.9. The molecule has 0 atom stereocenters. The number of hydrogen-bond acceptors (Lipinski definition) is 5.